The first-order chi connectivity index (χ1) is 45.7. The standard InChI is InChI=1S/C31H32ClN5O5.C15H13NO2.C12H11ClN2O4.C9H18N2O2.C2H6O/c32-23-14-19(24-9-11-29(39)36-35-24)8-10-27(23)42-18-30(40)37-13-12-20(16-37)33-15-21(38)17-41-28-7-3-6-26-31(28)22-4-1-2-5-25(22)34-26;1-2-5-12-11(4-1)15-13(16-12)6-3-7-14(15)18-9-10-8-17-10;13-8-5-7(9-2-4-11(16)15-14-9)1-3-10(8)19-6-12(17)18;1-9(2,3)13-8(12)11-5-4-7(10)6-11;1-2-3/h1-8,10,14,20-21,33-34,38H,9,11-13,15-18H2,(H,36,39);1-7,10,16H,8-9H2;1,3,5H,2,4,6H2,(H,15,16)(H,17,18);7H,4-6,10H2,1-3H3;3H,2H2,1H3. The van der Waals surface area contributed by atoms with Gasteiger partial charge in [-0.3, -0.25) is 14.4 Å². The SMILES string of the molecule is CC(C)(C)OC(=O)N1CCC(N)C1.CCO.O=C(O)COc1ccc(C2=NNC(=O)CC2)cc1Cl.O=C1CCC(c2ccc(OCC(=O)N3CCC(NCC(O)COc4cccc5[nH]c6ccccc6c45)C3)c(Cl)c2)=NN1.c1ccc2c(c1)[nH]c1cccc(OCC3CO3)c12. The van der Waals surface area contributed by atoms with Crippen molar-refractivity contribution >= 4 is 108 Å². The number of hydrazone groups is 2. The minimum atomic E-state index is -1.07. The lowest BCUT2D eigenvalue weighted by atomic mass is 10.0. The van der Waals surface area contributed by atoms with Gasteiger partial charge in [-0.15, -0.1) is 0 Å². The maximum Gasteiger partial charge on any atom is 0.410 e. The Morgan fingerprint density at radius 1 is 0.684 bits per heavy atom. The van der Waals surface area contributed by atoms with Crippen molar-refractivity contribution in [3.05, 3.63) is 142 Å². The third kappa shape index (κ3) is 20.3. The van der Waals surface area contributed by atoms with Gasteiger partial charge < -0.3 is 74.6 Å². The van der Waals surface area contributed by atoms with E-state index in [2.05, 4.69) is 66.7 Å². The molecule has 4 atom stereocenters. The number of hydrogen-bond acceptors (Lipinski definition) is 17. The lowest BCUT2D eigenvalue weighted by Gasteiger charge is -2.24. The Morgan fingerprint density at radius 2 is 1.20 bits per heavy atom. The number of fused-ring (bicyclic) bond motifs is 6. The minimum absolute atomic E-state index is 0.0697. The molecule has 2 aromatic heterocycles. The Bertz CT molecular complexity index is 4050. The third-order valence-corrected chi connectivity index (χ3v) is 15.9. The van der Waals surface area contributed by atoms with Gasteiger partial charge in [0, 0.05) is 110 Å². The third-order valence-electron chi connectivity index (χ3n) is 15.3. The fourth-order valence-electron chi connectivity index (χ4n) is 10.6. The molecular weight excluding hydrogens is 1260 g/mol. The van der Waals surface area contributed by atoms with E-state index in [9.17, 15) is 29.1 Å². The highest BCUT2D eigenvalue weighted by Crippen LogP contribution is 2.35. The maximum atomic E-state index is 12.8. The van der Waals surface area contributed by atoms with E-state index in [4.69, 9.17) is 67.6 Å². The van der Waals surface area contributed by atoms with Crippen LogP contribution in [0.5, 0.6) is 23.0 Å². The number of carbonyl (C=O) groups excluding carboxylic acids is 4. The van der Waals surface area contributed by atoms with E-state index >= 15 is 0 Å². The van der Waals surface area contributed by atoms with Crippen LogP contribution in [0.25, 0.3) is 43.6 Å². The topological polar surface area (TPSA) is 330 Å². The summed E-state index contributed by atoms with van der Waals surface area (Å²) in [6.07, 6.45) is 2.82. The Morgan fingerprint density at radius 3 is 1.68 bits per heavy atom. The lowest BCUT2D eigenvalue weighted by molar-refractivity contribution is -0.139. The van der Waals surface area contributed by atoms with E-state index in [1.807, 2.05) is 81.4 Å². The number of hydrogen-bond donors (Lipinski definition) is 9. The Balaban J connectivity index is 0.000000165. The highest BCUT2D eigenvalue weighted by atomic mass is 35.5. The van der Waals surface area contributed by atoms with Crippen LogP contribution in [0, 0.1) is 0 Å². The molecule has 5 aliphatic rings. The molecule has 24 nitrogen and oxygen atoms in total. The summed E-state index contributed by atoms with van der Waals surface area (Å²) in [5.74, 6) is 0.949. The highest BCUT2D eigenvalue weighted by Gasteiger charge is 2.30. The van der Waals surface area contributed by atoms with Gasteiger partial charge in [0.1, 0.15) is 54.0 Å². The second-order valence-electron chi connectivity index (χ2n) is 23.9. The molecule has 26 heteroatoms. The predicted octanol–water partition coefficient (Wildman–Crippen LogP) is 9.07. The zero-order chi connectivity index (χ0) is 67.6. The molecule has 3 saturated heterocycles. The molecular formula is C69H80Cl2N10O14. The first-order valence-corrected chi connectivity index (χ1v) is 32.2. The average Bonchev–Trinajstić information content (AvgIpc) is 1.65. The maximum absolute atomic E-state index is 12.8. The zero-order valence-electron chi connectivity index (χ0n) is 53.3. The summed E-state index contributed by atoms with van der Waals surface area (Å²) in [7, 11) is 0. The number of aromatic amines is 2. The molecule has 95 heavy (non-hydrogen) atoms. The number of carboxylic acids is 1. The molecule has 13 rings (SSSR count). The quantitative estimate of drug-likeness (QED) is 0.0384. The summed E-state index contributed by atoms with van der Waals surface area (Å²) in [5, 5.41) is 43.2. The largest absolute Gasteiger partial charge is 0.490 e. The van der Waals surface area contributed by atoms with Crippen molar-refractivity contribution in [1.82, 2.24) is 35.9 Å². The molecule has 0 spiro atoms. The highest BCUT2D eigenvalue weighted by molar-refractivity contribution is 6.33. The molecule has 5 aliphatic heterocycles. The summed E-state index contributed by atoms with van der Waals surface area (Å²) in [6, 6.07) is 38.7. The van der Waals surface area contributed by atoms with E-state index in [0.717, 1.165) is 98.3 Å². The number of para-hydroxylation sites is 2. The number of halogens is 2. The van der Waals surface area contributed by atoms with Gasteiger partial charge in [0.2, 0.25) is 11.8 Å². The molecule has 0 aliphatic carbocycles. The molecule has 504 valence electrons. The Hall–Kier alpha value is -9.01. The number of aliphatic hydroxyl groups is 2. The molecule has 7 heterocycles. The minimum Gasteiger partial charge on any atom is -0.490 e. The van der Waals surface area contributed by atoms with Crippen molar-refractivity contribution in [2.45, 2.75) is 96.1 Å². The number of carbonyl (C=O) groups is 5. The van der Waals surface area contributed by atoms with Crippen LogP contribution in [-0.4, -0.2) is 179 Å². The van der Waals surface area contributed by atoms with Gasteiger partial charge in [0.15, 0.2) is 13.2 Å². The van der Waals surface area contributed by atoms with Crippen LogP contribution in [0.2, 0.25) is 10.0 Å². The van der Waals surface area contributed by atoms with Gasteiger partial charge >= 0.3 is 12.1 Å². The van der Waals surface area contributed by atoms with Crippen molar-refractivity contribution < 1.29 is 67.7 Å². The second-order valence-corrected chi connectivity index (χ2v) is 24.7. The van der Waals surface area contributed by atoms with Crippen LogP contribution >= 0.6 is 23.2 Å². The molecule has 4 amide bonds. The molecule has 0 bridgehead atoms. The number of carboxylic acid groups (broad SMARTS) is 1. The molecule has 4 unspecified atom stereocenters. The van der Waals surface area contributed by atoms with Gasteiger partial charge in [-0.1, -0.05) is 71.7 Å². The van der Waals surface area contributed by atoms with Crippen LogP contribution in [0.3, 0.4) is 0 Å². The number of nitrogens with two attached hydrogens (primary N) is 1. The van der Waals surface area contributed by atoms with E-state index in [1.165, 1.54) is 5.39 Å². The second kappa shape index (κ2) is 33.4. The van der Waals surface area contributed by atoms with Crippen molar-refractivity contribution in [2.24, 2.45) is 15.9 Å². The number of aromatic nitrogens is 2. The molecule has 10 N–H and O–H groups in total. The van der Waals surface area contributed by atoms with Crippen molar-refractivity contribution in [2.75, 3.05) is 72.4 Å². The van der Waals surface area contributed by atoms with Crippen LogP contribution < -0.4 is 40.8 Å². The fourth-order valence-corrected chi connectivity index (χ4v) is 11.1. The van der Waals surface area contributed by atoms with Crippen molar-refractivity contribution in [1.29, 1.82) is 0 Å². The normalized spacial score (nSPS) is 17.6. The number of aliphatic carboxylic acids is 1. The smallest absolute Gasteiger partial charge is 0.410 e. The van der Waals surface area contributed by atoms with Crippen LogP contribution in [-0.2, 0) is 28.7 Å². The van der Waals surface area contributed by atoms with Crippen molar-refractivity contribution in [3.63, 3.8) is 0 Å². The number of H-pyrrole nitrogens is 2. The van der Waals surface area contributed by atoms with Crippen LogP contribution in [0.4, 0.5) is 4.79 Å². The van der Waals surface area contributed by atoms with E-state index < -0.39 is 24.3 Å². The van der Waals surface area contributed by atoms with Gasteiger partial charge in [0.05, 0.1) is 39.1 Å². The number of aliphatic hydroxyl groups excluding tert-OH is 2. The van der Waals surface area contributed by atoms with Crippen LogP contribution in [0.15, 0.2) is 132 Å². The summed E-state index contributed by atoms with van der Waals surface area (Å²) < 4.78 is 33.0. The van der Waals surface area contributed by atoms with E-state index in [0.29, 0.717) is 80.0 Å². The Kier molecular flexibility index (Phi) is 24.7. The zero-order valence-corrected chi connectivity index (χ0v) is 54.8. The molecule has 0 saturated carbocycles. The van der Waals surface area contributed by atoms with Crippen molar-refractivity contribution in [3.8, 4) is 23.0 Å². The summed E-state index contributed by atoms with van der Waals surface area (Å²) in [5.41, 5.74) is 17.5. The number of amides is 4. The van der Waals surface area contributed by atoms with Gasteiger partial charge in [-0.25, -0.2) is 20.4 Å². The number of epoxide rings is 1. The average molecular weight is 1340 g/mol. The number of likely N-dealkylation sites (tertiary alicyclic amines) is 2. The predicted molar refractivity (Wildman–Crippen MR) is 364 cm³/mol. The van der Waals surface area contributed by atoms with Gasteiger partial charge in [0.25, 0.3) is 5.91 Å². The van der Waals surface area contributed by atoms with Crippen LogP contribution in [0.1, 0.15) is 77.3 Å². The first-order valence-electron chi connectivity index (χ1n) is 31.4. The number of rotatable bonds is 17. The fraction of sp³-hybridized carbons (Fsp3) is 0.377. The van der Waals surface area contributed by atoms with Gasteiger partial charge in [-0.05, 0) is 124 Å². The summed E-state index contributed by atoms with van der Waals surface area (Å²) in [6.45, 7) is 11.4. The molecule has 6 aromatic carbocycles. The molecule has 0 radical (unpaired) electrons. The monoisotopic (exact) mass is 1340 g/mol. The van der Waals surface area contributed by atoms with E-state index in [1.54, 1.807) is 47.1 Å². The first kappa shape index (κ1) is 70.3. The number of benzene rings is 6. The summed E-state index contributed by atoms with van der Waals surface area (Å²) >= 11 is 12.4. The number of ether oxygens (including phenoxy) is 6. The summed E-state index contributed by atoms with van der Waals surface area (Å²) in [4.78, 5) is 67.2. The van der Waals surface area contributed by atoms with E-state index in [-0.39, 0.29) is 61.8 Å². The Labute approximate surface area is 559 Å². The lowest BCUT2D eigenvalue weighted by Crippen LogP contribution is -2.41. The molecule has 8 aromatic rings. The number of nitrogens with zero attached hydrogens (tertiary/aromatic N) is 4. The van der Waals surface area contributed by atoms with Gasteiger partial charge in [-0.2, -0.15) is 10.2 Å². The molecule has 3 fully saturated rings. The number of nitrogens with one attached hydrogen (secondary N) is 5.